The van der Waals surface area contributed by atoms with E-state index in [1.54, 1.807) is 24.4 Å². The molecule has 6 nitrogen and oxygen atoms in total. The van der Waals surface area contributed by atoms with Crippen molar-refractivity contribution < 1.29 is 4.79 Å². The predicted octanol–water partition coefficient (Wildman–Crippen LogP) is 4.14. The van der Waals surface area contributed by atoms with Crippen molar-refractivity contribution in [3.63, 3.8) is 0 Å². The lowest BCUT2D eigenvalue weighted by molar-refractivity contribution is 0.100. The van der Waals surface area contributed by atoms with E-state index < -0.39 is 5.91 Å². The average Bonchev–Trinajstić information content (AvgIpc) is 3.24. The van der Waals surface area contributed by atoms with E-state index in [0.717, 1.165) is 33.5 Å². The molecule has 4 rings (SSSR count). The number of carbonyl (C=O) groups excluding carboxylic acids is 1. The van der Waals surface area contributed by atoms with Gasteiger partial charge in [-0.25, -0.2) is 0 Å². The molecular formula is C21H16ClN5O. The van der Waals surface area contributed by atoms with Crippen LogP contribution < -0.4 is 11.5 Å². The number of H-pyrrole nitrogens is 1. The molecule has 3 aromatic carbocycles. The molecule has 7 heteroatoms. The molecular weight excluding hydrogens is 374 g/mol. The molecule has 0 fully saturated rings. The van der Waals surface area contributed by atoms with Crippen molar-refractivity contribution in [2.45, 2.75) is 0 Å². The van der Waals surface area contributed by atoms with E-state index in [-0.39, 0.29) is 5.56 Å². The van der Waals surface area contributed by atoms with Gasteiger partial charge in [-0.05, 0) is 41.0 Å². The summed E-state index contributed by atoms with van der Waals surface area (Å²) < 4.78 is 0. The van der Waals surface area contributed by atoms with Gasteiger partial charge >= 0.3 is 0 Å². The minimum absolute atomic E-state index is 0.281. The highest BCUT2D eigenvalue weighted by Gasteiger charge is 2.15. The molecule has 1 amide bonds. The Morgan fingerprint density at radius 1 is 0.893 bits per heavy atom. The van der Waals surface area contributed by atoms with Crippen LogP contribution in [-0.2, 0) is 0 Å². The van der Waals surface area contributed by atoms with Gasteiger partial charge in [0.1, 0.15) is 5.69 Å². The van der Waals surface area contributed by atoms with Crippen LogP contribution in [0, 0.1) is 0 Å². The van der Waals surface area contributed by atoms with Crippen LogP contribution in [0.25, 0.3) is 33.5 Å². The lowest BCUT2D eigenvalue weighted by atomic mass is 9.93. The monoisotopic (exact) mass is 389 g/mol. The van der Waals surface area contributed by atoms with Crippen LogP contribution in [0.3, 0.4) is 0 Å². The molecule has 138 valence electrons. The minimum Gasteiger partial charge on any atom is -0.398 e. The Kier molecular flexibility index (Phi) is 4.55. The second-order valence-corrected chi connectivity index (χ2v) is 6.73. The second-order valence-electron chi connectivity index (χ2n) is 6.29. The number of benzene rings is 3. The maximum atomic E-state index is 12.0. The van der Waals surface area contributed by atoms with Gasteiger partial charge in [0.25, 0.3) is 5.91 Å². The van der Waals surface area contributed by atoms with E-state index in [0.29, 0.717) is 10.7 Å². The molecule has 5 N–H and O–H groups in total. The van der Waals surface area contributed by atoms with Gasteiger partial charge in [-0.3, -0.25) is 9.89 Å². The third-order valence-corrected chi connectivity index (χ3v) is 4.78. The lowest BCUT2D eigenvalue weighted by Crippen LogP contribution is -2.14. The van der Waals surface area contributed by atoms with E-state index in [2.05, 4.69) is 15.4 Å². The third-order valence-electron chi connectivity index (χ3n) is 4.53. The van der Waals surface area contributed by atoms with Gasteiger partial charge < -0.3 is 11.5 Å². The molecule has 1 heterocycles. The normalized spacial score (nSPS) is 10.8. The summed E-state index contributed by atoms with van der Waals surface area (Å²) >= 11 is 5.98. The molecule has 1 aromatic heterocycles. The highest BCUT2D eigenvalue weighted by Crippen LogP contribution is 2.35. The van der Waals surface area contributed by atoms with Crippen molar-refractivity contribution >= 4 is 23.2 Å². The summed E-state index contributed by atoms with van der Waals surface area (Å²) in [5.74, 6) is -0.575. The van der Waals surface area contributed by atoms with Crippen LogP contribution in [0.5, 0.6) is 0 Å². The number of nitrogens with one attached hydrogen (secondary N) is 1. The van der Waals surface area contributed by atoms with Crippen molar-refractivity contribution in [3.8, 4) is 33.5 Å². The Balaban J connectivity index is 1.83. The Morgan fingerprint density at radius 3 is 2.14 bits per heavy atom. The molecule has 28 heavy (non-hydrogen) atoms. The number of hydrogen-bond donors (Lipinski definition) is 3. The Hall–Kier alpha value is -3.64. The summed E-state index contributed by atoms with van der Waals surface area (Å²) in [4.78, 5) is 12.0. The van der Waals surface area contributed by atoms with Gasteiger partial charge in [-0.15, -0.1) is 5.10 Å². The van der Waals surface area contributed by atoms with Crippen molar-refractivity contribution in [2.75, 3.05) is 5.73 Å². The fourth-order valence-electron chi connectivity index (χ4n) is 3.07. The maximum absolute atomic E-state index is 12.0. The number of anilines is 1. The van der Waals surface area contributed by atoms with E-state index in [1.807, 2.05) is 42.5 Å². The van der Waals surface area contributed by atoms with Crippen LogP contribution in [-0.4, -0.2) is 21.3 Å². The number of nitrogens with two attached hydrogens (primary N) is 2. The van der Waals surface area contributed by atoms with Gasteiger partial charge in [0.05, 0.1) is 11.3 Å². The Morgan fingerprint density at radius 2 is 1.54 bits per heavy atom. The molecule has 0 radical (unpaired) electrons. The van der Waals surface area contributed by atoms with E-state index in [1.165, 1.54) is 0 Å². The largest absolute Gasteiger partial charge is 0.398 e. The van der Waals surface area contributed by atoms with Gasteiger partial charge in [-0.1, -0.05) is 53.2 Å². The fraction of sp³-hybridized carbons (Fsp3) is 0. The Bertz CT molecular complexity index is 1140. The van der Waals surface area contributed by atoms with Gasteiger partial charge in [-0.2, -0.15) is 0 Å². The first kappa shape index (κ1) is 17.8. The molecule has 0 unspecified atom stereocenters. The number of halogens is 1. The van der Waals surface area contributed by atoms with Gasteiger partial charge in [0.2, 0.25) is 0 Å². The number of hydrogen-bond acceptors (Lipinski definition) is 4. The van der Waals surface area contributed by atoms with Crippen molar-refractivity contribution in [1.29, 1.82) is 0 Å². The first-order chi connectivity index (χ1) is 13.5. The fourth-order valence-corrected chi connectivity index (χ4v) is 3.19. The predicted molar refractivity (Wildman–Crippen MR) is 111 cm³/mol. The zero-order chi connectivity index (χ0) is 19.7. The number of aromatic nitrogens is 3. The standard InChI is InChI=1S/C21H16ClN5O/c22-16-7-5-12(6-8-16)15-9-17(20(23)18(10-15)21(24)28)13-1-3-14(4-2-13)19-11-25-27-26-19/h1-11H,23H2,(H2,24,28)(H,25,26,27). The third kappa shape index (κ3) is 3.33. The summed E-state index contributed by atoms with van der Waals surface area (Å²) in [7, 11) is 0. The second kappa shape index (κ2) is 7.17. The summed E-state index contributed by atoms with van der Waals surface area (Å²) in [6.07, 6.45) is 1.72. The van der Waals surface area contributed by atoms with Crippen molar-refractivity contribution in [2.24, 2.45) is 5.73 Å². The molecule has 0 aliphatic carbocycles. The number of nitrogens with zero attached hydrogens (tertiary/aromatic N) is 2. The molecule has 4 aromatic rings. The van der Waals surface area contributed by atoms with E-state index in [4.69, 9.17) is 23.1 Å². The molecule has 0 saturated carbocycles. The summed E-state index contributed by atoms with van der Waals surface area (Å²) in [5.41, 5.74) is 17.5. The highest BCUT2D eigenvalue weighted by molar-refractivity contribution is 6.30. The maximum Gasteiger partial charge on any atom is 0.250 e. The molecule has 0 spiro atoms. The first-order valence-electron chi connectivity index (χ1n) is 8.49. The molecule has 0 aliphatic rings. The van der Waals surface area contributed by atoms with Gasteiger partial charge in [0.15, 0.2) is 0 Å². The highest BCUT2D eigenvalue weighted by atomic mass is 35.5. The molecule has 0 atom stereocenters. The molecule has 0 aliphatic heterocycles. The van der Waals surface area contributed by atoms with Crippen LogP contribution >= 0.6 is 11.6 Å². The van der Waals surface area contributed by atoms with Crippen LogP contribution in [0.1, 0.15) is 10.4 Å². The number of aromatic amines is 1. The van der Waals surface area contributed by atoms with Crippen molar-refractivity contribution in [1.82, 2.24) is 15.4 Å². The Labute approximate surface area is 166 Å². The number of carbonyl (C=O) groups is 1. The average molecular weight is 390 g/mol. The lowest BCUT2D eigenvalue weighted by Gasteiger charge is -2.13. The smallest absolute Gasteiger partial charge is 0.250 e. The SMILES string of the molecule is NC(=O)c1cc(-c2ccc(Cl)cc2)cc(-c2ccc(-c3c[nH]nn3)cc2)c1N. The number of rotatable bonds is 4. The molecule has 0 saturated heterocycles. The summed E-state index contributed by atoms with van der Waals surface area (Å²) in [5, 5.41) is 11.1. The molecule has 0 bridgehead atoms. The van der Waals surface area contributed by atoms with Crippen molar-refractivity contribution in [3.05, 3.63) is 77.4 Å². The number of nitrogen functional groups attached to an aromatic ring is 1. The summed E-state index contributed by atoms with van der Waals surface area (Å²) in [6.45, 7) is 0. The van der Waals surface area contributed by atoms with Gasteiger partial charge in [0, 0.05) is 22.3 Å². The minimum atomic E-state index is -0.575. The van der Waals surface area contributed by atoms with Crippen LogP contribution in [0.4, 0.5) is 5.69 Å². The summed E-state index contributed by atoms with van der Waals surface area (Å²) in [6, 6.07) is 18.7. The van der Waals surface area contributed by atoms with E-state index >= 15 is 0 Å². The number of amides is 1. The topological polar surface area (TPSA) is 111 Å². The number of primary amides is 1. The first-order valence-corrected chi connectivity index (χ1v) is 8.87. The van der Waals surface area contributed by atoms with E-state index in [9.17, 15) is 4.79 Å². The zero-order valence-electron chi connectivity index (χ0n) is 14.7. The van der Waals surface area contributed by atoms with Crippen LogP contribution in [0.15, 0.2) is 66.9 Å². The van der Waals surface area contributed by atoms with Crippen LogP contribution in [0.2, 0.25) is 5.02 Å². The quantitative estimate of drug-likeness (QED) is 0.455. The zero-order valence-corrected chi connectivity index (χ0v) is 15.4.